The summed E-state index contributed by atoms with van der Waals surface area (Å²) in [7, 11) is 2.97. The zero-order chi connectivity index (χ0) is 15.1. The minimum atomic E-state index is -0.598. The van der Waals surface area contributed by atoms with Crippen molar-refractivity contribution in [1.29, 1.82) is 0 Å². The van der Waals surface area contributed by atoms with Crippen molar-refractivity contribution in [3.8, 4) is 11.5 Å². The fourth-order valence-electron chi connectivity index (χ4n) is 1.46. The van der Waals surface area contributed by atoms with Gasteiger partial charge in [-0.15, -0.1) is 0 Å². The number of nitrogens with zero attached hydrogens (tertiary/aromatic N) is 1. The smallest absolute Gasteiger partial charge is 0.303 e. The highest BCUT2D eigenvalue weighted by atomic mass is 16.6. The van der Waals surface area contributed by atoms with Crippen LogP contribution in [0.3, 0.4) is 0 Å². The summed E-state index contributed by atoms with van der Waals surface area (Å²) in [5.74, 6) is 0.397. The number of methoxy groups -OCH3 is 2. The number of hydrogen-bond donors (Lipinski definition) is 0. The molecular weight excluding hydrogens is 266 g/mol. The minimum Gasteiger partial charge on any atom is -0.493 e. The number of benzene rings is 1. The summed E-state index contributed by atoms with van der Waals surface area (Å²) in [5, 5.41) is 10.9. The number of hydrogen-bond acceptors (Lipinski definition) is 6. The Kier molecular flexibility index (Phi) is 5.52. The Hall–Kier alpha value is -2.57. The molecule has 0 radical (unpaired) electrons. The third-order valence-electron chi connectivity index (χ3n) is 2.40. The standard InChI is InChI=1S/C13H15NO6/c1-9(15)20-8-11(14(16)17)6-10-4-5-12(18-2)13(7-10)19-3/h4-7H,8H2,1-3H3. The lowest BCUT2D eigenvalue weighted by atomic mass is 10.1. The van der Waals surface area contributed by atoms with Gasteiger partial charge >= 0.3 is 5.97 Å². The van der Waals surface area contributed by atoms with Crippen LogP contribution in [0.15, 0.2) is 23.9 Å². The highest BCUT2D eigenvalue weighted by molar-refractivity contribution is 5.66. The third-order valence-corrected chi connectivity index (χ3v) is 2.40. The van der Waals surface area contributed by atoms with E-state index in [-0.39, 0.29) is 5.70 Å². The van der Waals surface area contributed by atoms with Crippen LogP contribution < -0.4 is 9.47 Å². The van der Waals surface area contributed by atoms with Crippen molar-refractivity contribution in [2.45, 2.75) is 6.92 Å². The lowest BCUT2D eigenvalue weighted by Gasteiger charge is -2.07. The van der Waals surface area contributed by atoms with Crippen molar-refractivity contribution >= 4 is 12.0 Å². The molecule has 108 valence electrons. The molecule has 0 atom stereocenters. The van der Waals surface area contributed by atoms with Crippen LogP contribution in [0.1, 0.15) is 12.5 Å². The predicted octanol–water partition coefficient (Wildman–Crippen LogP) is 1.88. The van der Waals surface area contributed by atoms with Gasteiger partial charge in [-0.3, -0.25) is 14.9 Å². The molecule has 0 spiro atoms. The summed E-state index contributed by atoms with van der Waals surface area (Å²) < 4.78 is 14.8. The largest absolute Gasteiger partial charge is 0.493 e. The van der Waals surface area contributed by atoms with Gasteiger partial charge in [-0.05, 0) is 17.7 Å². The molecule has 0 saturated carbocycles. The molecule has 7 nitrogen and oxygen atoms in total. The lowest BCUT2D eigenvalue weighted by molar-refractivity contribution is -0.428. The number of carbonyl (C=O) groups is 1. The van der Waals surface area contributed by atoms with Crippen LogP contribution in [0, 0.1) is 10.1 Å². The maximum atomic E-state index is 10.9. The van der Waals surface area contributed by atoms with E-state index in [1.165, 1.54) is 27.2 Å². The van der Waals surface area contributed by atoms with Crippen molar-refractivity contribution in [1.82, 2.24) is 0 Å². The zero-order valence-corrected chi connectivity index (χ0v) is 11.4. The van der Waals surface area contributed by atoms with E-state index < -0.39 is 17.5 Å². The van der Waals surface area contributed by atoms with E-state index >= 15 is 0 Å². The van der Waals surface area contributed by atoms with Gasteiger partial charge in [-0.25, -0.2) is 0 Å². The van der Waals surface area contributed by atoms with Crippen molar-refractivity contribution < 1.29 is 23.9 Å². The molecule has 0 saturated heterocycles. The Balaban J connectivity index is 3.04. The van der Waals surface area contributed by atoms with Gasteiger partial charge < -0.3 is 14.2 Å². The molecule has 7 heteroatoms. The summed E-state index contributed by atoms with van der Waals surface area (Å²) in [5.41, 5.74) is 0.314. The number of nitro groups is 1. The monoisotopic (exact) mass is 281 g/mol. The summed E-state index contributed by atoms with van der Waals surface area (Å²) in [6.45, 7) is 0.796. The van der Waals surface area contributed by atoms with E-state index in [1.807, 2.05) is 0 Å². The van der Waals surface area contributed by atoms with Gasteiger partial charge in [0.25, 0.3) is 5.70 Å². The van der Waals surface area contributed by atoms with Crippen LogP contribution in [0.2, 0.25) is 0 Å². The van der Waals surface area contributed by atoms with E-state index in [9.17, 15) is 14.9 Å². The molecular formula is C13H15NO6. The van der Waals surface area contributed by atoms with E-state index in [0.717, 1.165) is 0 Å². The molecule has 1 aromatic carbocycles. The van der Waals surface area contributed by atoms with Crippen LogP contribution in [0.25, 0.3) is 6.08 Å². The maximum Gasteiger partial charge on any atom is 0.303 e. The molecule has 0 fully saturated rings. The first kappa shape index (κ1) is 15.5. The third kappa shape index (κ3) is 4.27. The Bertz CT molecular complexity index is 538. The van der Waals surface area contributed by atoms with Crippen LogP contribution >= 0.6 is 0 Å². The molecule has 1 aromatic rings. The first-order valence-electron chi connectivity index (χ1n) is 5.68. The van der Waals surface area contributed by atoms with Crippen LogP contribution in [0.4, 0.5) is 0 Å². The van der Waals surface area contributed by atoms with Crippen molar-refractivity contribution in [2.75, 3.05) is 20.8 Å². The van der Waals surface area contributed by atoms with E-state index in [2.05, 4.69) is 4.74 Å². The number of ether oxygens (including phenoxy) is 3. The average Bonchev–Trinajstić information content (AvgIpc) is 2.42. The normalized spacial score (nSPS) is 10.8. The second-order valence-electron chi connectivity index (χ2n) is 3.79. The maximum absolute atomic E-state index is 10.9. The van der Waals surface area contributed by atoms with Crippen molar-refractivity contribution in [2.24, 2.45) is 0 Å². The topological polar surface area (TPSA) is 87.9 Å². The van der Waals surface area contributed by atoms with Crippen molar-refractivity contribution in [3.63, 3.8) is 0 Å². The second-order valence-corrected chi connectivity index (χ2v) is 3.79. The van der Waals surface area contributed by atoms with E-state index in [0.29, 0.717) is 17.1 Å². The fourth-order valence-corrected chi connectivity index (χ4v) is 1.46. The quantitative estimate of drug-likeness (QED) is 0.449. The first-order valence-corrected chi connectivity index (χ1v) is 5.68. The Morgan fingerprint density at radius 1 is 1.30 bits per heavy atom. The van der Waals surface area contributed by atoms with Gasteiger partial charge in [-0.1, -0.05) is 6.07 Å². The van der Waals surface area contributed by atoms with Crippen LogP contribution in [-0.4, -0.2) is 31.7 Å². The molecule has 1 rings (SSSR count). The molecule has 0 heterocycles. The van der Waals surface area contributed by atoms with Gasteiger partial charge in [-0.2, -0.15) is 0 Å². The minimum absolute atomic E-state index is 0.229. The zero-order valence-electron chi connectivity index (χ0n) is 11.4. The van der Waals surface area contributed by atoms with Crippen molar-refractivity contribution in [3.05, 3.63) is 39.6 Å². The lowest BCUT2D eigenvalue weighted by Crippen LogP contribution is -2.09. The molecule has 0 amide bonds. The first-order chi connectivity index (χ1) is 9.47. The number of esters is 1. The number of carbonyl (C=O) groups excluding carboxylic acids is 1. The van der Waals surface area contributed by atoms with Crippen LogP contribution in [-0.2, 0) is 9.53 Å². The van der Waals surface area contributed by atoms with Crippen LogP contribution in [0.5, 0.6) is 11.5 Å². The molecule has 20 heavy (non-hydrogen) atoms. The second kappa shape index (κ2) is 7.13. The van der Waals surface area contributed by atoms with Gasteiger partial charge in [0.15, 0.2) is 18.1 Å². The molecule has 0 aliphatic rings. The van der Waals surface area contributed by atoms with E-state index in [4.69, 9.17) is 9.47 Å². The highest BCUT2D eigenvalue weighted by Gasteiger charge is 2.13. The van der Waals surface area contributed by atoms with Gasteiger partial charge in [0.05, 0.1) is 19.1 Å². The Morgan fingerprint density at radius 3 is 2.45 bits per heavy atom. The predicted molar refractivity (Wildman–Crippen MR) is 71.2 cm³/mol. The number of rotatable bonds is 6. The molecule has 0 aliphatic heterocycles. The SMILES string of the molecule is COc1ccc(C=C(COC(C)=O)[N+](=O)[O-])cc1OC. The van der Waals surface area contributed by atoms with Gasteiger partial charge in [0, 0.05) is 13.0 Å². The van der Waals surface area contributed by atoms with Gasteiger partial charge in [0.1, 0.15) is 0 Å². The fraction of sp³-hybridized carbons (Fsp3) is 0.308. The molecule has 0 unspecified atom stereocenters. The summed E-state index contributed by atoms with van der Waals surface area (Å²) in [6, 6.07) is 4.86. The molecule has 0 aliphatic carbocycles. The molecule has 0 N–H and O–H groups in total. The Morgan fingerprint density at radius 2 is 1.95 bits per heavy atom. The van der Waals surface area contributed by atoms with Gasteiger partial charge in [0.2, 0.25) is 0 Å². The molecule has 0 bridgehead atoms. The summed E-state index contributed by atoms with van der Waals surface area (Å²) in [6.07, 6.45) is 1.31. The summed E-state index contributed by atoms with van der Waals surface area (Å²) in [4.78, 5) is 21.0. The highest BCUT2D eigenvalue weighted by Crippen LogP contribution is 2.28. The average molecular weight is 281 g/mol. The van der Waals surface area contributed by atoms with E-state index in [1.54, 1.807) is 18.2 Å². The summed E-state index contributed by atoms with van der Waals surface area (Å²) >= 11 is 0. The molecule has 0 aromatic heterocycles. The Labute approximate surface area is 115 Å².